The lowest BCUT2D eigenvalue weighted by Crippen LogP contribution is -2.68. The molecule has 0 radical (unpaired) electrons. The highest BCUT2D eigenvalue weighted by atomic mass is 35.7. The Bertz CT molecular complexity index is 679. The van der Waals surface area contributed by atoms with Gasteiger partial charge in [-0.2, -0.15) is 0 Å². The molecule has 3 rings (SSSR count). The molecule has 1 unspecified atom stereocenters. The van der Waals surface area contributed by atoms with E-state index in [4.69, 9.17) is 18.6 Å². The van der Waals surface area contributed by atoms with Crippen LogP contribution in [0.4, 0.5) is 5.82 Å². The van der Waals surface area contributed by atoms with Crippen molar-refractivity contribution in [1.29, 1.82) is 0 Å². The van der Waals surface area contributed by atoms with Gasteiger partial charge in [0.05, 0.1) is 13.1 Å². The molecule has 0 saturated carbocycles. The van der Waals surface area contributed by atoms with Crippen molar-refractivity contribution in [3.63, 3.8) is 0 Å². The Balaban J connectivity index is 0.000000399. The van der Waals surface area contributed by atoms with Gasteiger partial charge in [-0.05, 0) is 38.3 Å². The van der Waals surface area contributed by atoms with Crippen LogP contribution in [0.5, 0.6) is 0 Å². The van der Waals surface area contributed by atoms with Crippen LogP contribution in [-0.4, -0.2) is 17.3 Å². The molecule has 2 heterocycles. The summed E-state index contributed by atoms with van der Waals surface area (Å²) in [5.74, 6) is 1.33. The third kappa shape index (κ3) is 5.42. The fourth-order valence-corrected chi connectivity index (χ4v) is 3.21. The number of nitrogens with zero attached hydrogens (tertiary/aromatic N) is 3. The number of hydrogen-bond acceptors (Lipinski definition) is 5. The molecule has 1 aromatic heterocycles. The van der Waals surface area contributed by atoms with Gasteiger partial charge in [-0.15, -0.1) is 19.6 Å². The average molecular weight is 370 g/mol. The van der Waals surface area contributed by atoms with Crippen LogP contribution in [0.1, 0.15) is 26.2 Å². The van der Waals surface area contributed by atoms with E-state index >= 15 is 0 Å². The third-order valence-electron chi connectivity index (χ3n) is 4.56. The predicted molar refractivity (Wildman–Crippen MR) is 82.7 cm³/mol. The van der Waals surface area contributed by atoms with Crippen molar-refractivity contribution in [2.75, 3.05) is 11.4 Å². The Hall–Kier alpha value is -1.64. The van der Waals surface area contributed by atoms with Crippen molar-refractivity contribution < 1.29 is 33.6 Å². The highest BCUT2D eigenvalue weighted by Crippen LogP contribution is 2.27. The van der Waals surface area contributed by atoms with Crippen LogP contribution < -0.4 is 28.2 Å². The molecule has 1 aliphatic rings. The van der Waals surface area contributed by atoms with Crippen LogP contribution in [0.25, 0.3) is 11.3 Å². The molecule has 1 aromatic carbocycles. The molecule has 0 spiro atoms. The molecule has 1 atom stereocenters. The van der Waals surface area contributed by atoms with E-state index < -0.39 is 10.2 Å². The summed E-state index contributed by atoms with van der Waals surface area (Å²) in [7, 11) is -0.649. The van der Waals surface area contributed by atoms with Gasteiger partial charge in [0.1, 0.15) is 0 Å². The van der Waals surface area contributed by atoms with Crippen LogP contribution in [0, 0.1) is 10.2 Å². The molecule has 8 heteroatoms. The van der Waals surface area contributed by atoms with Crippen molar-refractivity contribution in [1.82, 2.24) is 4.68 Å². The topological polar surface area (TPSA) is 104 Å². The Kier molecular flexibility index (Phi) is 6.42. The summed E-state index contributed by atoms with van der Waals surface area (Å²) in [4.78, 5) is 2.55. The van der Waals surface area contributed by atoms with E-state index in [1.165, 1.54) is 42.9 Å². The second-order valence-corrected chi connectivity index (χ2v) is 6.97. The number of rotatable bonds is 2. The minimum absolute atomic E-state index is 0.640. The lowest BCUT2D eigenvalue weighted by atomic mass is 10.0. The van der Waals surface area contributed by atoms with Crippen molar-refractivity contribution in [3.05, 3.63) is 36.4 Å². The molecule has 7 nitrogen and oxygen atoms in total. The molecule has 0 amide bonds. The Morgan fingerprint density at radius 1 is 1.08 bits per heavy atom. The van der Waals surface area contributed by atoms with Crippen LogP contribution in [-0.2, 0) is 14.1 Å². The molecule has 0 bridgehead atoms. The standard InChI is InChI=1S/C17H24N3.ClHO4/c1-14-9-7-8-12-20(14)17-13-16(18(2)19(17)3)15-10-5-4-6-11-15;2-1(3,4)5/h4-6,10-11,13-14H,7-9,12H2,1-3H3;(H,2,3,4,5)/q+1;/p-1. The summed E-state index contributed by atoms with van der Waals surface area (Å²) < 4.78 is 38.5. The molecule has 1 aliphatic heterocycles. The maximum atomic E-state index is 8.49. The second-order valence-electron chi connectivity index (χ2n) is 6.22. The predicted octanol–water partition coefficient (Wildman–Crippen LogP) is -1.86. The summed E-state index contributed by atoms with van der Waals surface area (Å²) in [6.07, 6.45) is 3.97. The van der Waals surface area contributed by atoms with E-state index in [2.05, 4.69) is 71.7 Å². The summed E-state index contributed by atoms with van der Waals surface area (Å²) in [5.41, 5.74) is 2.56. The first-order valence-electron chi connectivity index (χ1n) is 8.18. The van der Waals surface area contributed by atoms with Gasteiger partial charge < -0.3 is 4.90 Å². The van der Waals surface area contributed by atoms with Crippen molar-refractivity contribution in [2.45, 2.75) is 32.2 Å². The van der Waals surface area contributed by atoms with Gasteiger partial charge in [0.25, 0.3) is 0 Å². The summed E-state index contributed by atoms with van der Waals surface area (Å²) in [6, 6.07) is 13.6. The molecule has 0 N–H and O–H groups in total. The zero-order valence-corrected chi connectivity index (χ0v) is 15.5. The van der Waals surface area contributed by atoms with E-state index in [1.807, 2.05) is 0 Å². The van der Waals surface area contributed by atoms with E-state index in [0.717, 1.165) is 0 Å². The monoisotopic (exact) mass is 369 g/mol. The largest absolute Gasteiger partial charge is 0.351 e. The zero-order chi connectivity index (χ0) is 18.6. The first kappa shape index (κ1) is 19.7. The highest BCUT2D eigenvalue weighted by Gasteiger charge is 2.26. The molecule has 1 saturated heterocycles. The van der Waals surface area contributed by atoms with Gasteiger partial charge >= 0.3 is 0 Å². The number of benzene rings is 1. The van der Waals surface area contributed by atoms with E-state index in [-0.39, 0.29) is 0 Å². The lowest BCUT2D eigenvalue weighted by molar-refractivity contribution is -2.00. The van der Waals surface area contributed by atoms with Gasteiger partial charge in [0.2, 0.25) is 5.69 Å². The molecule has 2 aromatic rings. The Morgan fingerprint density at radius 2 is 1.68 bits per heavy atom. The van der Waals surface area contributed by atoms with Crippen molar-refractivity contribution in [3.8, 4) is 11.3 Å². The average Bonchev–Trinajstić information content (AvgIpc) is 2.83. The Morgan fingerprint density at radius 3 is 2.24 bits per heavy atom. The van der Waals surface area contributed by atoms with E-state index in [1.54, 1.807) is 0 Å². The van der Waals surface area contributed by atoms with Crippen molar-refractivity contribution >= 4 is 5.82 Å². The number of halogens is 1. The maximum absolute atomic E-state index is 8.49. The fraction of sp³-hybridized carbons (Fsp3) is 0.471. The fourth-order valence-electron chi connectivity index (χ4n) is 3.21. The lowest BCUT2D eigenvalue weighted by Gasteiger charge is -2.33. The van der Waals surface area contributed by atoms with Gasteiger partial charge in [0, 0.05) is 18.2 Å². The van der Waals surface area contributed by atoms with Gasteiger partial charge in [-0.1, -0.05) is 18.2 Å². The number of aromatic nitrogens is 2. The second kappa shape index (κ2) is 8.16. The van der Waals surface area contributed by atoms with Crippen LogP contribution in [0.15, 0.2) is 36.4 Å². The first-order valence-corrected chi connectivity index (χ1v) is 9.41. The normalized spacial score (nSPS) is 17.9. The van der Waals surface area contributed by atoms with Crippen LogP contribution in [0.2, 0.25) is 0 Å². The number of hydrogen-bond donors (Lipinski definition) is 0. The van der Waals surface area contributed by atoms with Crippen LogP contribution in [0.3, 0.4) is 0 Å². The van der Waals surface area contributed by atoms with Crippen molar-refractivity contribution in [2.24, 2.45) is 14.1 Å². The molecular formula is C17H24ClN3O4. The quantitative estimate of drug-likeness (QED) is 0.577. The van der Waals surface area contributed by atoms with Crippen LogP contribution >= 0.6 is 0 Å². The Labute approximate surface area is 150 Å². The summed E-state index contributed by atoms with van der Waals surface area (Å²) >= 11 is 0. The van der Waals surface area contributed by atoms with E-state index in [0.29, 0.717) is 6.04 Å². The first-order chi connectivity index (χ1) is 11.7. The molecule has 25 heavy (non-hydrogen) atoms. The molecule has 1 fully saturated rings. The summed E-state index contributed by atoms with van der Waals surface area (Å²) in [5, 5.41) is 0. The van der Waals surface area contributed by atoms with Gasteiger partial charge in [0.15, 0.2) is 12.9 Å². The van der Waals surface area contributed by atoms with E-state index in [9.17, 15) is 0 Å². The SMILES string of the molecule is CC1CCCCN1c1cc(-c2ccccc2)[n+](C)n1C.[O-][Cl+3]([O-])([O-])[O-]. The minimum atomic E-state index is -4.94. The molecule has 0 aliphatic carbocycles. The van der Waals surface area contributed by atoms with Gasteiger partial charge in [-0.3, -0.25) is 0 Å². The highest BCUT2D eigenvalue weighted by molar-refractivity contribution is 5.60. The smallest absolute Gasteiger partial charge is 0.240 e. The minimum Gasteiger partial charge on any atom is -0.351 e. The maximum Gasteiger partial charge on any atom is 0.240 e. The molecule has 138 valence electrons. The number of anilines is 1. The van der Waals surface area contributed by atoms with Gasteiger partial charge in [-0.25, -0.2) is 18.6 Å². The third-order valence-corrected chi connectivity index (χ3v) is 4.56. The molecular weight excluding hydrogens is 346 g/mol. The number of piperidine rings is 1. The summed E-state index contributed by atoms with van der Waals surface area (Å²) in [6.45, 7) is 3.52. The zero-order valence-electron chi connectivity index (χ0n) is 14.7.